The van der Waals surface area contributed by atoms with Gasteiger partial charge in [0.2, 0.25) is 0 Å². The Morgan fingerprint density at radius 1 is 1.21 bits per heavy atom. The molecular formula is C21H27ClN2. The maximum Gasteiger partial charge on any atom is 0.126 e. The van der Waals surface area contributed by atoms with Crippen molar-refractivity contribution < 1.29 is 0 Å². The van der Waals surface area contributed by atoms with Crippen LogP contribution in [-0.2, 0) is 12.3 Å². The molecule has 2 rings (SSSR count). The minimum absolute atomic E-state index is 0.547. The molecule has 0 aliphatic heterocycles. The summed E-state index contributed by atoms with van der Waals surface area (Å²) in [5.74, 6) is 1.22. The van der Waals surface area contributed by atoms with Crippen molar-refractivity contribution in [1.82, 2.24) is 4.98 Å². The number of anilines is 1. The second-order valence-corrected chi connectivity index (χ2v) is 6.59. The number of benzene rings is 1. The summed E-state index contributed by atoms with van der Waals surface area (Å²) in [6.07, 6.45) is 6.79. The molecule has 0 aliphatic carbocycles. The van der Waals surface area contributed by atoms with E-state index in [4.69, 9.17) is 17.3 Å². The number of aromatic nitrogens is 1. The third kappa shape index (κ3) is 4.85. The minimum Gasteiger partial charge on any atom is -0.383 e. The van der Waals surface area contributed by atoms with Crippen LogP contribution in [0.2, 0.25) is 0 Å². The lowest BCUT2D eigenvalue weighted by Crippen LogP contribution is -2.02. The van der Waals surface area contributed by atoms with E-state index >= 15 is 0 Å². The zero-order valence-corrected chi connectivity index (χ0v) is 15.7. The summed E-state index contributed by atoms with van der Waals surface area (Å²) in [5.41, 5.74) is 12.9. The second-order valence-electron chi connectivity index (χ2n) is 6.32. The Morgan fingerprint density at radius 3 is 2.54 bits per heavy atom. The van der Waals surface area contributed by atoms with Crippen molar-refractivity contribution in [3.8, 4) is 0 Å². The van der Waals surface area contributed by atoms with Gasteiger partial charge in [0.25, 0.3) is 0 Å². The maximum absolute atomic E-state index is 6.10. The smallest absolute Gasteiger partial charge is 0.126 e. The fourth-order valence-corrected chi connectivity index (χ4v) is 2.95. The maximum atomic E-state index is 6.10. The first-order chi connectivity index (χ1) is 11.5. The highest BCUT2D eigenvalue weighted by atomic mass is 35.5. The van der Waals surface area contributed by atoms with E-state index in [0.29, 0.717) is 11.7 Å². The van der Waals surface area contributed by atoms with Gasteiger partial charge in [-0.15, -0.1) is 11.6 Å². The summed E-state index contributed by atoms with van der Waals surface area (Å²) in [4.78, 5) is 4.54. The van der Waals surface area contributed by atoms with Crippen molar-refractivity contribution in [2.75, 3.05) is 5.73 Å². The predicted octanol–water partition coefficient (Wildman–Crippen LogP) is 6.00. The number of nitrogen functional groups attached to an aromatic ring is 1. The molecule has 0 spiro atoms. The van der Waals surface area contributed by atoms with E-state index in [1.807, 2.05) is 6.92 Å². The lowest BCUT2D eigenvalue weighted by Gasteiger charge is -2.10. The van der Waals surface area contributed by atoms with Crippen LogP contribution in [0.5, 0.6) is 0 Å². The molecule has 0 radical (unpaired) electrons. The average Bonchev–Trinajstić information content (AvgIpc) is 2.59. The first kappa shape index (κ1) is 18.5. The molecule has 128 valence electrons. The summed E-state index contributed by atoms with van der Waals surface area (Å²) < 4.78 is 0. The Morgan fingerprint density at radius 2 is 1.92 bits per heavy atom. The normalized spacial score (nSPS) is 11.8. The molecule has 1 heterocycles. The summed E-state index contributed by atoms with van der Waals surface area (Å²) >= 11 is 5.86. The number of unbranched alkanes of at least 4 members (excludes halogenated alkanes) is 2. The highest BCUT2D eigenvalue weighted by Crippen LogP contribution is 2.23. The highest BCUT2D eigenvalue weighted by Gasteiger charge is 2.07. The molecular weight excluding hydrogens is 316 g/mol. The van der Waals surface area contributed by atoms with Gasteiger partial charge >= 0.3 is 0 Å². The van der Waals surface area contributed by atoms with Crippen LogP contribution < -0.4 is 5.73 Å². The van der Waals surface area contributed by atoms with Gasteiger partial charge in [0.05, 0.1) is 0 Å². The van der Waals surface area contributed by atoms with E-state index in [1.54, 1.807) is 0 Å². The van der Waals surface area contributed by atoms with Crippen LogP contribution >= 0.6 is 11.6 Å². The van der Waals surface area contributed by atoms with Crippen LogP contribution in [0.3, 0.4) is 0 Å². The van der Waals surface area contributed by atoms with Crippen LogP contribution in [0.1, 0.15) is 61.1 Å². The van der Waals surface area contributed by atoms with Crippen LogP contribution in [0.15, 0.2) is 30.3 Å². The van der Waals surface area contributed by atoms with Gasteiger partial charge in [-0.05, 0) is 66.7 Å². The molecule has 0 bridgehead atoms. The van der Waals surface area contributed by atoms with Crippen molar-refractivity contribution in [1.29, 1.82) is 0 Å². The van der Waals surface area contributed by atoms with Crippen LogP contribution in [0.4, 0.5) is 5.82 Å². The van der Waals surface area contributed by atoms with Gasteiger partial charge in [0, 0.05) is 11.6 Å². The number of aryl methyl sites for hydroxylation is 2. The van der Waals surface area contributed by atoms with Gasteiger partial charge in [-0.25, -0.2) is 4.98 Å². The van der Waals surface area contributed by atoms with Gasteiger partial charge in [0.1, 0.15) is 5.82 Å². The molecule has 0 amide bonds. The molecule has 0 unspecified atom stereocenters. The molecule has 2 N–H and O–H groups in total. The minimum atomic E-state index is 0.547. The van der Waals surface area contributed by atoms with Crippen molar-refractivity contribution >= 4 is 29.1 Å². The number of halogens is 1. The van der Waals surface area contributed by atoms with Gasteiger partial charge in [-0.2, -0.15) is 0 Å². The van der Waals surface area contributed by atoms with Crippen molar-refractivity contribution in [3.05, 3.63) is 58.3 Å². The average molecular weight is 343 g/mol. The second kappa shape index (κ2) is 8.89. The van der Waals surface area contributed by atoms with Gasteiger partial charge in [-0.1, -0.05) is 44.0 Å². The monoisotopic (exact) mass is 342 g/mol. The number of rotatable bonds is 7. The number of nitrogens with two attached hydrogens (primary N) is 1. The fourth-order valence-electron chi connectivity index (χ4n) is 2.77. The quantitative estimate of drug-likeness (QED) is 0.494. The zero-order valence-electron chi connectivity index (χ0n) is 14.9. The molecule has 0 aliphatic rings. The van der Waals surface area contributed by atoms with E-state index in [0.717, 1.165) is 35.2 Å². The fraction of sp³-hybridized carbons (Fsp3) is 0.381. The number of hydrogen-bond donors (Lipinski definition) is 1. The predicted molar refractivity (Wildman–Crippen MR) is 106 cm³/mol. The summed E-state index contributed by atoms with van der Waals surface area (Å²) in [6.45, 7) is 6.36. The van der Waals surface area contributed by atoms with E-state index in [1.165, 1.54) is 24.0 Å². The van der Waals surface area contributed by atoms with Crippen molar-refractivity contribution in [3.63, 3.8) is 0 Å². The topological polar surface area (TPSA) is 38.9 Å². The van der Waals surface area contributed by atoms with E-state index in [2.05, 4.69) is 55.2 Å². The third-order valence-corrected chi connectivity index (χ3v) is 4.66. The Hall–Kier alpha value is -1.80. The number of alkyl halides is 1. The first-order valence-corrected chi connectivity index (χ1v) is 9.18. The first-order valence-electron chi connectivity index (χ1n) is 8.64. The molecule has 1 aromatic heterocycles. The molecule has 2 nitrogen and oxygen atoms in total. The Kier molecular flexibility index (Phi) is 6.86. The van der Waals surface area contributed by atoms with E-state index < -0.39 is 0 Å². The van der Waals surface area contributed by atoms with Crippen LogP contribution in [0.25, 0.3) is 11.6 Å². The molecule has 1 aromatic carbocycles. The number of nitrogens with zero attached hydrogens (tertiary/aromatic N) is 1. The Balaban J connectivity index is 2.27. The number of hydrogen-bond acceptors (Lipinski definition) is 2. The van der Waals surface area contributed by atoms with E-state index in [-0.39, 0.29) is 0 Å². The molecule has 0 atom stereocenters. The van der Waals surface area contributed by atoms with Gasteiger partial charge in [0.15, 0.2) is 0 Å². The lowest BCUT2D eigenvalue weighted by molar-refractivity contribution is 0.717. The lowest BCUT2D eigenvalue weighted by atomic mass is 10.00. The molecule has 24 heavy (non-hydrogen) atoms. The standard InChI is InChI=1S/C21H27ClN2/c1-4-5-6-7-19-13-20(16(3)24-21(19)23)12-15(2)18-10-8-17(14-22)9-11-18/h8-13H,4-7,14H2,1-3H3,(H2,23,24)/b15-12+. The largest absolute Gasteiger partial charge is 0.383 e. The number of allylic oxidation sites excluding steroid dienone is 1. The van der Waals surface area contributed by atoms with Gasteiger partial charge in [-0.3, -0.25) is 0 Å². The molecule has 0 saturated heterocycles. The van der Waals surface area contributed by atoms with Crippen molar-refractivity contribution in [2.24, 2.45) is 0 Å². The Labute approximate surface area is 150 Å². The van der Waals surface area contributed by atoms with Crippen molar-refractivity contribution in [2.45, 2.75) is 52.3 Å². The molecule has 2 aromatic rings. The third-order valence-electron chi connectivity index (χ3n) is 4.35. The summed E-state index contributed by atoms with van der Waals surface area (Å²) in [7, 11) is 0. The molecule has 3 heteroatoms. The molecule has 0 saturated carbocycles. The number of pyridine rings is 1. The Bertz CT molecular complexity index is 703. The van der Waals surface area contributed by atoms with Crippen LogP contribution in [0, 0.1) is 6.92 Å². The van der Waals surface area contributed by atoms with Crippen LogP contribution in [-0.4, -0.2) is 4.98 Å². The highest BCUT2D eigenvalue weighted by molar-refractivity contribution is 6.17. The van der Waals surface area contributed by atoms with E-state index in [9.17, 15) is 0 Å². The summed E-state index contributed by atoms with van der Waals surface area (Å²) in [5, 5.41) is 0. The SMILES string of the molecule is CCCCCc1cc(/C=C(\C)c2ccc(CCl)cc2)c(C)nc1N. The zero-order chi connectivity index (χ0) is 17.5. The summed E-state index contributed by atoms with van der Waals surface area (Å²) in [6, 6.07) is 10.6. The van der Waals surface area contributed by atoms with Gasteiger partial charge < -0.3 is 5.73 Å². The molecule has 0 fully saturated rings.